The first kappa shape index (κ1) is 17.4. The lowest BCUT2D eigenvalue weighted by atomic mass is 10.0. The van der Waals surface area contributed by atoms with Crippen LogP contribution in [0.1, 0.15) is 52.4 Å². The summed E-state index contributed by atoms with van der Waals surface area (Å²) in [6.45, 7) is 7.97. The predicted molar refractivity (Wildman–Crippen MR) is 76.0 cm³/mol. The highest BCUT2D eigenvalue weighted by atomic mass is 32.2. The fraction of sp³-hybridized carbons (Fsp3) is 0.786. The van der Waals surface area contributed by atoms with E-state index in [9.17, 15) is 8.42 Å². The Bertz CT molecular complexity index is 340. The minimum Gasteiger partial charge on any atom is -0.270 e. The third-order valence-corrected chi connectivity index (χ3v) is 4.07. The molecule has 18 heavy (non-hydrogen) atoms. The van der Waals surface area contributed by atoms with Crippen LogP contribution in [0.25, 0.3) is 0 Å². The van der Waals surface area contributed by atoms with Crippen LogP contribution in [0.15, 0.2) is 18.4 Å². The zero-order valence-electron chi connectivity index (χ0n) is 11.7. The van der Waals surface area contributed by atoms with E-state index in [0.717, 1.165) is 38.5 Å². The molecular formula is C14H26O3S. The van der Waals surface area contributed by atoms with Crippen LogP contribution < -0.4 is 0 Å². The van der Waals surface area contributed by atoms with Crippen LogP contribution in [0.4, 0.5) is 0 Å². The largest absolute Gasteiger partial charge is 0.270 e. The molecule has 0 aromatic rings. The predicted octanol–water partition coefficient (Wildman–Crippen LogP) is 3.67. The first-order chi connectivity index (χ1) is 8.55. The van der Waals surface area contributed by atoms with Gasteiger partial charge in [0.25, 0.3) is 10.1 Å². The van der Waals surface area contributed by atoms with Crippen molar-refractivity contribution in [1.82, 2.24) is 0 Å². The SMILES string of the molecule is C=C=CC(CCCC)CS(=O)(=O)OCCCCC. The van der Waals surface area contributed by atoms with Gasteiger partial charge in [0.2, 0.25) is 0 Å². The van der Waals surface area contributed by atoms with Gasteiger partial charge < -0.3 is 0 Å². The molecule has 0 amide bonds. The highest BCUT2D eigenvalue weighted by Gasteiger charge is 2.17. The molecule has 4 heteroatoms. The Balaban J connectivity index is 4.19. The summed E-state index contributed by atoms with van der Waals surface area (Å²) in [7, 11) is -3.41. The van der Waals surface area contributed by atoms with Crippen LogP contribution in [0.3, 0.4) is 0 Å². The molecule has 0 aliphatic heterocycles. The Kier molecular flexibility index (Phi) is 10.0. The van der Waals surface area contributed by atoms with Crippen LogP contribution in [-0.2, 0) is 14.3 Å². The van der Waals surface area contributed by atoms with E-state index in [-0.39, 0.29) is 11.7 Å². The molecule has 1 unspecified atom stereocenters. The van der Waals surface area contributed by atoms with Gasteiger partial charge in [0.1, 0.15) is 0 Å². The second-order valence-corrected chi connectivity index (χ2v) is 6.21. The Morgan fingerprint density at radius 1 is 1.22 bits per heavy atom. The molecule has 0 radical (unpaired) electrons. The van der Waals surface area contributed by atoms with E-state index in [1.807, 2.05) is 0 Å². The molecule has 0 N–H and O–H groups in total. The Hall–Kier alpha value is -0.570. The molecule has 0 rings (SSSR count). The first-order valence-electron chi connectivity index (χ1n) is 6.78. The van der Waals surface area contributed by atoms with Gasteiger partial charge >= 0.3 is 0 Å². The normalized spacial score (nSPS) is 13.0. The van der Waals surface area contributed by atoms with Crippen molar-refractivity contribution >= 4 is 10.1 Å². The second kappa shape index (κ2) is 10.4. The molecule has 0 aliphatic carbocycles. The molecule has 0 heterocycles. The van der Waals surface area contributed by atoms with Crippen LogP contribution >= 0.6 is 0 Å². The van der Waals surface area contributed by atoms with Crippen molar-refractivity contribution in [3.8, 4) is 0 Å². The van der Waals surface area contributed by atoms with Gasteiger partial charge in [-0.05, 0) is 18.9 Å². The Labute approximate surface area is 112 Å². The number of hydrogen-bond donors (Lipinski definition) is 0. The molecule has 3 nitrogen and oxygen atoms in total. The topological polar surface area (TPSA) is 43.4 Å². The van der Waals surface area contributed by atoms with E-state index < -0.39 is 10.1 Å². The average Bonchev–Trinajstić information content (AvgIpc) is 2.32. The van der Waals surface area contributed by atoms with Gasteiger partial charge in [-0.2, -0.15) is 8.42 Å². The lowest BCUT2D eigenvalue weighted by Crippen LogP contribution is -2.18. The van der Waals surface area contributed by atoms with Crippen molar-refractivity contribution in [2.45, 2.75) is 52.4 Å². The molecule has 1 atom stereocenters. The van der Waals surface area contributed by atoms with Gasteiger partial charge in [0.05, 0.1) is 12.4 Å². The van der Waals surface area contributed by atoms with Crippen molar-refractivity contribution in [2.75, 3.05) is 12.4 Å². The zero-order chi connectivity index (χ0) is 13.9. The summed E-state index contributed by atoms with van der Waals surface area (Å²) in [5, 5.41) is 0. The quantitative estimate of drug-likeness (QED) is 0.328. The minimum atomic E-state index is -3.41. The van der Waals surface area contributed by atoms with Crippen molar-refractivity contribution in [3.63, 3.8) is 0 Å². The molecule has 0 fully saturated rings. The third-order valence-electron chi connectivity index (χ3n) is 2.71. The van der Waals surface area contributed by atoms with Crippen LogP contribution in [0.5, 0.6) is 0 Å². The number of allylic oxidation sites excluding steroid dienone is 1. The summed E-state index contributed by atoms with van der Waals surface area (Å²) in [4.78, 5) is 0. The summed E-state index contributed by atoms with van der Waals surface area (Å²) in [6, 6.07) is 0. The van der Waals surface area contributed by atoms with Crippen LogP contribution in [0, 0.1) is 5.92 Å². The highest BCUT2D eigenvalue weighted by molar-refractivity contribution is 7.86. The van der Waals surface area contributed by atoms with Gasteiger partial charge in [-0.25, -0.2) is 0 Å². The van der Waals surface area contributed by atoms with Crippen LogP contribution in [0.2, 0.25) is 0 Å². The average molecular weight is 274 g/mol. The molecular weight excluding hydrogens is 248 g/mol. The lowest BCUT2D eigenvalue weighted by Gasteiger charge is -2.12. The van der Waals surface area contributed by atoms with Gasteiger partial charge in [0.15, 0.2) is 0 Å². The number of hydrogen-bond acceptors (Lipinski definition) is 3. The third kappa shape index (κ3) is 9.46. The summed E-state index contributed by atoms with van der Waals surface area (Å²) in [6.07, 6.45) is 7.50. The van der Waals surface area contributed by atoms with Crippen molar-refractivity contribution < 1.29 is 12.6 Å². The fourth-order valence-corrected chi connectivity index (χ4v) is 2.95. The van der Waals surface area contributed by atoms with E-state index in [4.69, 9.17) is 4.18 Å². The summed E-state index contributed by atoms with van der Waals surface area (Å²) in [5.41, 5.74) is 2.68. The van der Waals surface area contributed by atoms with Crippen molar-refractivity contribution in [3.05, 3.63) is 18.4 Å². The smallest absolute Gasteiger partial charge is 0.267 e. The summed E-state index contributed by atoms with van der Waals surface area (Å²) in [5.74, 6) is 0.0142. The maximum Gasteiger partial charge on any atom is 0.267 e. The monoisotopic (exact) mass is 274 g/mol. The van der Waals surface area contributed by atoms with Gasteiger partial charge in [-0.3, -0.25) is 4.18 Å². The Morgan fingerprint density at radius 2 is 1.89 bits per heavy atom. The molecule has 0 aromatic carbocycles. The molecule has 0 saturated carbocycles. The molecule has 0 aromatic heterocycles. The molecule has 0 bridgehead atoms. The van der Waals surface area contributed by atoms with E-state index in [2.05, 4.69) is 26.2 Å². The molecule has 106 valence electrons. The lowest BCUT2D eigenvalue weighted by molar-refractivity contribution is 0.305. The van der Waals surface area contributed by atoms with E-state index >= 15 is 0 Å². The number of unbranched alkanes of at least 4 members (excludes halogenated alkanes) is 3. The van der Waals surface area contributed by atoms with E-state index in [0.29, 0.717) is 6.61 Å². The van der Waals surface area contributed by atoms with Gasteiger partial charge in [0, 0.05) is 5.92 Å². The molecule has 0 spiro atoms. The van der Waals surface area contributed by atoms with Gasteiger partial charge in [-0.1, -0.05) is 46.1 Å². The van der Waals surface area contributed by atoms with Crippen molar-refractivity contribution in [1.29, 1.82) is 0 Å². The summed E-state index contributed by atoms with van der Waals surface area (Å²) >= 11 is 0. The van der Waals surface area contributed by atoms with Crippen molar-refractivity contribution in [2.24, 2.45) is 5.92 Å². The number of rotatable bonds is 11. The summed E-state index contributed by atoms with van der Waals surface area (Å²) < 4.78 is 28.5. The second-order valence-electron chi connectivity index (χ2n) is 4.53. The zero-order valence-corrected chi connectivity index (χ0v) is 12.5. The Morgan fingerprint density at radius 3 is 2.44 bits per heavy atom. The molecule has 0 aliphatic rings. The maximum absolute atomic E-state index is 11.8. The first-order valence-corrected chi connectivity index (χ1v) is 8.36. The highest BCUT2D eigenvalue weighted by Crippen LogP contribution is 2.14. The fourth-order valence-electron chi connectivity index (χ4n) is 1.70. The van der Waals surface area contributed by atoms with Gasteiger partial charge in [-0.15, -0.1) is 5.73 Å². The van der Waals surface area contributed by atoms with Crippen LogP contribution in [-0.4, -0.2) is 20.8 Å². The van der Waals surface area contributed by atoms with E-state index in [1.54, 1.807) is 6.08 Å². The molecule has 0 saturated heterocycles. The standard InChI is InChI=1S/C14H26O3S/c1-4-7-9-12-17-18(15,16)13-14(10-6-3)11-8-5-2/h10,14H,3-5,7-9,11-13H2,1-2H3. The van der Waals surface area contributed by atoms with E-state index in [1.165, 1.54) is 0 Å². The minimum absolute atomic E-state index is 0.0291. The maximum atomic E-state index is 11.8.